The Hall–Kier alpha value is -2.14. The summed E-state index contributed by atoms with van der Waals surface area (Å²) in [4.78, 5) is 4.26. The van der Waals surface area contributed by atoms with Crippen molar-refractivity contribution >= 4 is 26.7 Å². The summed E-state index contributed by atoms with van der Waals surface area (Å²) in [6, 6.07) is 10.9. The largest absolute Gasteiger partial charge is 0.269 e. The Bertz CT molecular complexity index is 752. The lowest BCUT2D eigenvalue weighted by Crippen LogP contribution is -2.20. The minimum atomic E-state index is -3.45. The number of fused-ring (bicyclic) bond motifs is 1. The molecule has 19 heavy (non-hydrogen) atoms. The number of benzene rings is 1. The molecule has 0 N–H and O–H groups in total. The minimum absolute atomic E-state index is 0.330. The summed E-state index contributed by atoms with van der Waals surface area (Å²) in [5.41, 5.74) is 2.27. The Morgan fingerprint density at radius 3 is 2.53 bits per heavy atom. The average molecular weight is 272 g/mol. The average Bonchev–Trinajstić information content (AvgIpc) is 2.62. The zero-order chi connectivity index (χ0) is 13.5. The van der Waals surface area contributed by atoms with Crippen molar-refractivity contribution in [1.29, 1.82) is 0 Å². The van der Waals surface area contributed by atoms with Gasteiger partial charge in [0, 0.05) is 25.0 Å². The van der Waals surface area contributed by atoms with Gasteiger partial charge in [-0.1, -0.05) is 18.2 Å². The van der Waals surface area contributed by atoms with E-state index in [9.17, 15) is 8.42 Å². The fourth-order valence-electron chi connectivity index (χ4n) is 2.14. The zero-order valence-electron chi connectivity index (χ0n) is 10.3. The Morgan fingerprint density at radius 1 is 1.11 bits per heavy atom. The van der Waals surface area contributed by atoms with E-state index in [4.69, 9.17) is 0 Å². The molecule has 0 saturated heterocycles. The van der Waals surface area contributed by atoms with E-state index in [1.165, 1.54) is 4.31 Å². The van der Waals surface area contributed by atoms with Crippen molar-refractivity contribution in [3.8, 4) is 0 Å². The van der Waals surface area contributed by atoms with Crippen LogP contribution in [-0.2, 0) is 10.0 Å². The van der Waals surface area contributed by atoms with E-state index in [1.807, 2.05) is 18.2 Å². The SMILES string of the molecule is CN1c2ccccc2/C(=C\c2ccncc2)S1(=O)=O. The third kappa shape index (κ3) is 1.82. The molecule has 0 spiro atoms. The van der Waals surface area contributed by atoms with Gasteiger partial charge in [0.15, 0.2) is 0 Å². The van der Waals surface area contributed by atoms with Crippen molar-refractivity contribution in [3.63, 3.8) is 0 Å². The van der Waals surface area contributed by atoms with Crippen molar-refractivity contribution in [3.05, 3.63) is 59.9 Å². The molecule has 1 aromatic carbocycles. The lowest BCUT2D eigenvalue weighted by atomic mass is 10.1. The fourth-order valence-corrected chi connectivity index (χ4v) is 3.58. The summed E-state index contributed by atoms with van der Waals surface area (Å²) in [5.74, 6) is 0. The molecule has 0 atom stereocenters. The molecular weight excluding hydrogens is 260 g/mol. The molecule has 1 aromatic heterocycles. The van der Waals surface area contributed by atoms with Gasteiger partial charge in [0.2, 0.25) is 0 Å². The highest BCUT2D eigenvalue weighted by Crippen LogP contribution is 2.41. The second kappa shape index (κ2) is 4.20. The van der Waals surface area contributed by atoms with Crippen molar-refractivity contribution in [2.45, 2.75) is 0 Å². The number of para-hydroxylation sites is 1. The number of aromatic nitrogens is 1. The van der Waals surface area contributed by atoms with Gasteiger partial charge in [0.1, 0.15) is 0 Å². The smallest absolute Gasteiger partial charge is 0.264 e. The third-order valence-electron chi connectivity index (χ3n) is 3.15. The van der Waals surface area contributed by atoms with Gasteiger partial charge < -0.3 is 0 Å². The van der Waals surface area contributed by atoms with Crippen LogP contribution in [0.5, 0.6) is 0 Å². The molecule has 0 radical (unpaired) electrons. The maximum atomic E-state index is 12.4. The summed E-state index contributed by atoms with van der Waals surface area (Å²) in [6.45, 7) is 0. The molecular formula is C14H12N2O2S. The maximum absolute atomic E-state index is 12.4. The zero-order valence-corrected chi connectivity index (χ0v) is 11.1. The van der Waals surface area contributed by atoms with Crippen molar-refractivity contribution < 1.29 is 8.42 Å². The van der Waals surface area contributed by atoms with Crippen LogP contribution in [0.4, 0.5) is 5.69 Å². The summed E-state index contributed by atoms with van der Waals surface area (Å²) < 4.78 is 26.1. The molecule has 2 aromatic rings. The molecule has 2 heterocycles. The first-order chi connectivity index (χ1) is 9.10. The van der Waals surface area contributed by atoms with E-state index in [0.717, 1.165) is 11.1 Å². The Labute approximate surface area is 112 Å². The van der Waals surface area contributed by atoms with Crippen LogP contribution in [0.15, 0.2) is 48.8 Å². The number of hydrogen-bond donors (Lipinski definition) is 0. The number of nitrogens with zero attached hydrogens (tertiary/aromatic N) is 2. The highest BCUT2D eigenvalue weighted by molar-refractivity contribution is 8.02. The standard InChI is InChI=1S/C14H12N2O2S/c1-16-13-5-3-2-4-12(13)14(19(16,17)18)10-11-6-8-15-9-7-11/h2-10H,1H3/b14-10+. The molecule has 1 aliphatic rings. The van der Waals surface area contributed by atoms with Crippen LogP contribution in [0.3, 0.4) is 0 Å². The lowest BCUT2D eigenvalue weighted by molar-refractivity contribution is 0.605. The summed E-state index contributed by atoms with van der Waals surface area (Å²) in [5, 5.41) is 0. The van der Waals surface area contributed by atoms with E-state index in [1.54, 1.807) is 43.7 Å². The second-order valence-corrected chi connectivity index (χ2v) is 6.22. The van der Waals surface area contributed by atoms with Gasteiger partial charge in [-0.05, 0) is 29.8 Å². The minimum Gasteiger partial charge on any atom is -0.269 e. The highest BCUT2D eigenvalue weighted by atomic mass is 32.2. The normalized spacial score (nSPS) is 18.6. The topological polar surface area (TPSA) is 50.3 Å². The third-order valence-corrected chi connectivity index (χ3v) is 4.96. The summed E-state index contributed by atoms with van der Waals surface area (Å²) in [6.07, 6.45) is 4.96. The summed E-state index contributed by atoms with van der Waals surface area (Å²) in [7, 11) is -1.88. The molecule has 5 heteroatoms. The van der Waals surface area contributed by atoms with Crippen LogP contribution in [-0.4, -0.2) is 20.4 Å². The van der Waals surface area contributed by atoms with Crippen LogP contribution in [0.25, 0.3) is 11.0 Å². The number of pyridine rings is 1. The first kappa shape index (κ1) is 11.9. The van der Waals surface area contributed by atoms with E-state index in [2.05, 4.69) is 4.98 Å². The fraction of sp³-hybridized carbons (Fsp3) is 0.0714. The first-order valence-electron chi connectivity index (χ1n) is 5.81. The highest BCUT2D eigenvalue weighted by Gasteiger charge is 2.35. The van der Waals surface area contributed by atoms with E-state index < -0.39 is 10.0 Å². The molecule has 0 aliphatic carbocycles. The molecule has 0 unspecified atom stereocenters. The predicted octanol–water partition coefficient (Wildman–Crippen LogP) is 2.36. The van der Waals surface area contributed by atoms with Crippen molar-refractivity contribution in [1.82, 2.24) is 4.98 Å². The molecule has 0 saturated carbocycles. The quantitative estimate of drug-likeness (QED) is 0.800. The van der Waals surface area contributed by atoms with Crippen LogP contribution in [0, 0.1) is 0 Å². The Morgan fingerprint density at radius 2 is 1.79 bits per heavy atom. The number of anilines is 1. The van der Waals surface area contributed by atoms with Crippen LogP contribution < -0.4 is 4.31 Å². The lowest BCUT2D eigenvalue weighted by Gasteiger charge is -2.10. The summed E-state index contributed by atoms with van der Waals surface area (Å²) >= 11 is 0. The van der Waals surface area contributed by atoms with Gasteiger partial charge in [-0.2, -0.15) is 0 Å². The van der Waals surface area contributed by atoms with E-state index >= 15 is 0 Å². The van der Waals surface area contributed by atoms with Crippen molar-refractivity contribution in [2.75, 3.05) is 11.4 Å². The van der Waals surface area contributed by atoms with Gasteiger partial charge >= 0.3 is 0 Å². The molecule has 0 fully saturated rings. The Kier molecular flexibility index (Phi) is 2.64. The van der Waals surface area contributed by atoms with Gasteiger partial charge in [0.25, 0.3) is 10.0 Å². The van der Waals surface area contributed by atoms with Crippen LogP contribution >= 0.6 is 0 Å². The molecule has 4 nitrogen and oxygen atoms in total. The van der Waals surface area contributed by atoms with Gasteiger partial charge in [0.05, 0.1) is 10.6 Å². The number of sulfonamides is 1. The van der Waals surface area contributed by atoms with Crippen LogP contribution in [0.1, 0.15) is 11.1 Å². The van der Waals surface area contributed by atoms with Gasteiger partial charge in [-0.15, -0.1) is 0 Å². The predicted molar refractivity (Wildman–Crippen MR) is 75.9 cm³/mol. The van der Waals surface area contributed by atoms with Crippen LogP contribution in [0.2, 0.25) is 0 Å². The van der Waals surface area contributed by atoms with E-state index in [-0.39, 0.29) is 0 Å². The number of rotatable bonds is 1. The first-order valence-corrected chi connectivity index (χ1v) is 7.25. The second-order valence-electron chi connectivity index (χ2n) is 4.28. The molecule has 1 aliphatic heterocycles. The monoisotopic (exact) mass is 272 g/mol. The molecule has 0 amide bonds. The maximum Gasteiger partial charge on any atom is 0.264 e. The van der Waals surface area contributed by atoms with Crippen molar-refractivity contribution in [2.24, 2.45) is 0 Å². The molecule has 96 valence electrons. The molecule has 3 rings (SSSR count). The van der Waals surface area contributed by atoms with E-state index in [0.29, 0.717) is 10.6 Å². The van der Waals surface area contributed by atoms with Gasteiger partial charge in [-0.25, -0.2) is 8.42 Å². The molecule has 0 bridgehead atoms. The number of hydrogen-bond acceptors (Lipinski definition) is 3. The Balaban J connectivity index is 2.24. The van der Waals surface area contributed by atoms with Gasteiger partial charge in [-0.3, -0.25) is 9.29 Å².